The monoisotopic (exact) mass is 250 g/mol. The summed E-state index contributed by atoms with van der Waals surface area (Å²) in [6.07, 6.45) is 1.96. The van der Waals surface area contributed by atoms with Crippen LogP contribution in [0.1, 0.15) is 12.5 Å². The lowest BCUT2D eigenvalue weighted by atomic mass is 10.1. The quantitative estimate of drug-likeness (QED) is 0.542. The van der Waals surface area contributed by atoms with Gasteiger partial charge in [0, 0.05) is 4.90 Å². The molecule has 0 saturated heterocycles. The van der Waals surface area contributed by atoms with E-state index in [0.29, 0.717) is 0 Å². The van der Waals surface area contributed by atoms with Crippen LogP contribution in [0.2, 0.25) is 0 Å². The molecule has 0 saturated carbocycles. The zero-order valence-electron chi connectivity index (χ0n) is 10.3. The molecule has 0 atom stereocenters. The van der Waals surface area contributed by atoms with E-state index in [4.69, 9.17) is 0 Å². The Morgan fingerprint density at radius 2 is 1.56 bits per heavy atom. The molecule has 0 amide bonds. The summed E-state index contributed by atoms with van der Waals surface area (Å²) in [6, 6.07) is 20.5. The van der Waals surface area contributed by atoms with E-state index < -0.39 is 0 Å². The standard InChI is InChI=1S/C17H14S/c1-15(16-10-4-2-5-11-16)9-8-14-18-17-12-6-3-7-13-17/h2-7,9-13H,1H3/b15-9+. The van der Waals surface area contributed by atoms with Crippen molar-refractivity contribution in [2.75, 3.05) is 0 Å². The highest BCUT2D eigenvalue weighted by atomic mass is 32.2. The van der Waals surface area contributed by atoms with Crippen molar-refractivity contribution < 1.29 is 0 Å². The van der Waals surface area contributed by atoms with E-state index in [-0.39, 0.29) is 0 Å². The molecule has 0 aromatic heterocycles. The van der Waals surface area contributed by atoms with Crippen molar-refractivity contribution in [3.05, 3.63) is 72.3 Å². The van der Waals surface area contributed by atoms with Crippen LogP contribution in [0.4, 0.5) is 0 Å². The van der Waals surface area contributed by atoms with Gasteiger partial charge in [0.05, 0.1) is 0 Å². The predicted molar refractivity (Wildman–Crippen MR) is 80.2 cm³/mol. The maximum atomic E-state index is 3.09. The number of hydrogen-bond donors (Lipinski definition) is 0. The van der Waals surface area contributed by atoms with Crippen molar-refractivity contribution in [1.29, 1.82) is 0 Å². The fourth-order valence-electron chi connectivity index (χ4n) is 1.50. The highest BCUT2D eigenvalue weighted by Gasteiger charge is 1.91. The first-order valence-electron chi connectivity index (χ1n) is 5.81. The molecule has 0 unspecified atom stereocenters. The first-order valence-corrected chi connectivity index (χ1v) is 6.62. The van der Waals surface area contributed by atoms with Gasteiger partial charge in [0.2, 0.25) is 0 Å². The van der Waals surface area contributed by atoms with Crippen LogP contribution in [-0.2, 0) is 0 Å². The summed E-state index contributed by atoms with van der Waals surface area (Å²) in [7, 11) is 0. The van der Waals surface area contributed by atoms with Crippen molar-refractivity contribution in [2.45, 2.75) is 11.8 Å². The minimum atomic E-state index is 1.18. The minimum Gasteiger partial charge on any atom is -0.0623 e. The van der Waals surface area contributed by atoms with Gasteiger partial charge in [0.25, 0.3) is 0 Å². The summed E-state index contributed by atoms with van der Waals surface area (Å²) in [6.45, 7) is 2.08. The highest BCUT2D eigenvalue weighted by molar-refractivity contribution is 8.03. The van der Waals surface area contributed by atoms with Crippen LogP contribution in [0.25, 0.3) is 5.57 Å². The largest absolute Gasteiger partial charge is 0.0623 e. The van der Waals surface area contributed by atoms with E-state index in [9.17, 15) is 0 Å². The second-order valence-corrected chi connectivity index (χ2v) is 4.73. The fraction of sp³-hybridized carbons (Fsp3) is 0.0588. The van der Waals surface area contributed by atoms with Gasteiger partial charge in [0.1, 0.15) is 0 Å². The molecule has 0 aliphatic heterocycles. The number of hydrogen-bond acceptors (Lipinski definition) is 1. The molecule has 0 heterocycles. The van der Waals surface area contributed by atoms with E-state index in [2.05, 4.69) is 42.4 Å². The summed E-state index contributed by atoms with van der Waals surface area (Å²) < 4.78 is 0. The third-order valence-electron chi connectivity index (χ3n) is 2.49. The lowest BCUT2D eigenvalue weighted by molar-refractivity contribution is 1.47. The molecule has 2 rings (SSSR count). The molecule has 0 aliphatic rings. The van der Waals surface area contributed by atoms with Crippen LogP contribution in [0.5, 0.6) is 0 Å². The van der Waals surface area contributed by atoms with Crippen LogP contribution in [0.15, 0.2) is 71.6 Å². The van der Waals surface area contributed by atoms with Crippen molar-refractivity contribution >= 4 is 17.3 Å². The van der Waals surface area contributed by atoms with Crippen LogP contribution < -0.4 is 0 Å². The normalized spacial score (nSPS) is 10.6. The first-order chi connectivity index (χ1) is 8.86. The van der Waals surface area contributed by atoms with Crippen molar-refractivity contribution in [2.24, 2.45) is 0 Å². The summed E-state index contributed by atoms with van der Waals surface area (Å²) in [5.74, 6) is 3.08. The van der Waals surface area contributed by atoms with Gasteiger partial charge >= 0.3 is 0 Å². The Balaban J connectivity index is 2.00. The van der Waals surface area contributed by atoms with Gasteiger partial charge in [-0.05, 0) is 53.3 Å². The second-order valence-electron chi connectivity index (χ2n) is 3.85. The summed E-state index contributed by atoms with van der Waals surface area (Å²) >= 11 is 1.55. The molecule has 0 aliphatic carbocycles. The van der Waals surface area contributed by atoms with Crippen LogP contribution >= 0.6 is 11.8 Å². The van der Waals surface area contributed by atoms with Gasteiger partial charge in [-0.25, -0.2) is 0 Å². The van der Waals surface area contributed by atoms with Gasteiger partial charge < -0.3 is 0 Å². The average Bonchev–Trinajstić information content (AvgIpc) is 2.45. The number of rotatable bonds is 2. The molecule has 0 nitrogen and oxygen atoms in total. The molecule has 0 radical (unpaired) electrons. The Morgan fingerprint density at radius 3 is 2.22 bits per heavy atom. The van der Waals surface area contributed by atoms with Gasteiger partial charge in [-0.3, -0.25) is 0 Å². The summed E-state index contributed by atoms with van der Waals surface area (Å²) in [5.41, 5.74) is 2.41. The third kappa shape index (κ3) is 3.84. The number of allylic oxidation sites excluding steroid dienone is 2. The zero-order valence-corrected chi connectivity index (χ0v) is 11.1. The molecule has 88 valence electrons. The zero-order chi connectivity index (χ0) is 12.6. The Kier molecular flexibility index (Phi) is 4.69. The predicted octanol–water partition coefficient (Wildman–Crippen LogP) is 4.84. The summed E-state index contributed by atoms with van der Waals surface area (Å²) in [5, 5.41) is 3.09. The highest BCUT2D eigenvalue weighted by Crippen LogP contribution is 2.15. The third-order valence-corrected chi connectivity index (χ3v) is 3.22. The fourth-order valence-corrected chi connectivity index (χ4v) is 2.03. The van der Waals surface area contributed by atoms with E-state index in [1.54, 1.807) is 11.8 Å². The summed E-state index contributed by atoms with van der Waals surface area (Å²) in [4.78, 5) is 1.18. The maximum Gasteiger partial charge on any atom is 0.0203 e. The van der Waals surface area contributed by atoms with E-state index >= 15 is 0 Å². The first kappa shape index (κ1) is 12.5. The van der Waals surface area contributed by atoms with Crippen LogP contribution in [0, 0.1) is 11.2 Å². The molecule has 0 bridgehead atoms. The van der Waals surface area contributed by atoms with Crippen LogP contribution in [-0.4, -0.2) is 0 Å². The Bertz CT molecular complexity index is 571. The Hall–Kier alpha value is -1.91. The van der Waals surface area contributed by atoms with E-state index in [0.717, 1.165) is 0 Å². The SMILES string of the molecule is C/C(=C\C#CSc1ccccc1)c1ccccc1. The molecule has 18 heavy (non-hydrogen) atoms. The van der Waals surface area contributed by atoms with Gasteiger partial charge in [-0.2, -0.15) is 0 Å². The van der Waals surface area contributed by atoms with Crippen LogP contribution in [0.3, 0.4) is 0 Å². The molecule has 0 spiro atoms. The van der Waals surface area contributed by atoms with Gasteiger partial charge in [-0.1, -0.05) is 54.5 Å². The number of thioether (sulfide) groups is 1. The minimum absolute atomic E-state index is 1.18. The lowest BCUT2D eigenvalue weighted by Crippen LogP contribution is -1.76. The van der Waals surface area contributed by atoms with Gasteiger partial charge in [-0.15, -0.1) is 0 Å². The topological polar surface area (TPSA) is 0 Å². The Labute approximate surface area is 113 Å². The van der Waals surface area contributed by atoms with E-state index in [1.807, 2.05) is 42.5 Å². The van der Waals surface area contributed by atoms with Crippen molar-refractivity contribution in [3.63, 3.8) is 0 Å². The van der Waals surface area contributed by atoms with Crippen molar-refractivity contribution in [3.8, 4) is 11.2 Å². The molecular weight excluding hydrogens is 236 g/mol. The Morgan fingerprint density at radius 1 is 0.944 bits per heavy atom. The van der Waals surface area contributed by atoms with Crippen molar-refractivity contribution in [1.82, 2.24) is 0 Å². The lowest BCUT2D eigenvalue weighted by Gasteiger charge is -1.97. The molecule has 2 aromatic carbocycles. The van der Waals surface area contributed by atoms with E-state index in [1.165, 1.54) is 16.0 Å². The van der Waals surface area contributed by atoms with Gasteiger partial charge in [0.15, 0.2) is 0 Å². The molecule has 2 aromatic rings. The second kappa shape index (κ2) is 6.74. The maximum absolute atomic E-state index is 3.09. The molecule has 0 fully saturated rings. The molecule has 1 heteroatoms. The molecular formula is C17H14S. The average molecular weight is 250 g/mol. The smallest absolute Gasteiger partial charge is 0.0203 e. The molecule has 0 N–H and O–H groups in total. The number of benzene rings is 2.